The number of hydrogen-bond donors (Lipinski definition) is 0. The normalized spacial score (nSPS) is 0. The number of hydrogen-bond acceptors (Lipinski definition) is 0. The van der Waals surface area contributed by atoms with Gasteiger partial charge in [-0.05, 0) is 0 Å². The van der Waals surface area contributed by atoms with E-state index in [1.807, 2.05) is 0 Å². The molecule has 0 aromatic carbocycles. The van der Waals surface area contributed by atoms with Gasteiger partial charge in [0.05, 0.1) is 0 Å². The molecule has 0 aromatic heterocycles. The summed E-state index contributed by atoms with van der Waals surface area (Å²) in [4.78, 5) is 0. The molecule has 0 amide bonds. The van der Waals surface area contributed by atoms with Crippen LogP contribution in [0.15, 0.2) is 0 Å². The first-order chi connectivity index (χ1) is 0. The van der Waals surface area contributed by atoms with Crippen molar-refractivity contribution in [2.24, 2.45) is 0 Å². The molecule has 0 fully saturated rings. The molecule has 0 N–H and O–H groups in total. The molecular weight excluding hydrogens is 227 g/mol. The maximum absolute atomic E-state index is 0. The first-order valence-corrected chi connectivity index (χ1v) is 0. The van der Waals surface area contributed by atoms with Gasteiger partial charge in [-0.15, -0.1) is 0 Å². The van der Waals surface area contributed by atoms with Crippen LogP contribution in [0.25, 0.3) is 0 Å². The fourth-order valence-corrected chi connectivity index (χ4v) is 0. The molecule has 0 heterocycles. The van der Waals surface area contributed by atoms with Crippen molar-refractivity contribution in [3.05, 3.63) is 0 Å². The Bertz CT molecular complexity index is 8.00. The monoisotopic (exact) mass is 227 g/mol. The summed E-state index contributed by atoms with van der Waals surface area (Å²) in [6, 6.07) is 0. The Morgan fingerprint density at radius 2 is 1.00 bits per heavy atom. The summed E-state index contributed by atoms with van der Waals surface area (Å²) in [7, 11) is 0. The molecule has 0 aliphatic heterocycles. The maximum Gasteiger partial charge on any atom is 0.316 e. The van der Waals surface area contributed by atoms with Crippen molar-refractivity contribution in [1.29, 1.82) is 0 Å². The molecule has 5 radical (unpaired) electrons. The Balaban J connectivity index is 0. The van der Waals surface area contributed by atoms with Gasteiger partial charge in [-0.3, -0.25) is 0 Å². The standard InChI is InChI=1S/Ag.Cu.Mg.P.2H. The molecule has 4 heteroatoms. The van der Waals surface area contributed by atoms with E-state index in [0.717, 1.165) is 0 Å². The zero-order valence-corrected chi connectivity index (χ0v) is 4.37. The van der Waals surface area contributed by atoms with Gasteiger partial charge in [0.2, 0.25) is 0 Å². The minimum Gasteiger partial charge on any atom is 0 e. The molecular formula is H2AgCuMgP. The molecule has 0 aliphatic carbocycles. The van der Waals surface area contributed by atoms with Crippen LogP contribution in [0, 0.1) is 0 Å². The van der Waals surface area contributed by atoms with Gasteiger partial charge < -0.3 is 0 Å². The molecule has 31 valence electrons. The van der Waals surface area contributed by atoms with Crippen molar-refractivity contribution < 1.29 is 39.4 Å². The van der Waals surface area contributed by atoms with Crippen LogP contribution in [0.4, 0.5) is 0 Å². The summed E-state index contributed by atoms with van der Waals surface area (Å²) in [5.41, 5.74) is 0. The third-order valence-corrected chi connectivity index (χ3v) is 0. The fourth-order valence-electron chi connectivity index (χ4n) is 0. The molecule has 0 atom stereocenters. The van der Waals surface area contributed by atoms with Gasteiger partial charge >= 0.3 is 23.1 Å². The van der Waals surface area contributed by atoms with Gasteiger partial charge in [-0.1, -0.05) is 0 Å². The molecule has 0 unspecified atom stereocenters. The molecule has 0 spiro atoms. The first kappa shape index (κ1) is 31.9. The van der Waals surface area contributed by atoms with Gasteiger partial charge in [0.1, 0.15) is 0 Å². The summed E-state index contributed by atoms with van der Waals surface area (Å²) in [5, 5.41) is 0. The van der Waals surface area contributed by atoms with Gasteiger partial charge in [0, 0.05) is 49.3 Å². The summed E-state index contributed by atoms with van der Waals surface area (Å²) in [6.45, 7) is 0. The van der Waals surface area contributed by atoms with E-state index in [9.17, 15) is 0 Å². The zero-order valence-electron chi connectivity index (χ0n) is 1.05. The van der Waals surface area contributed by atoms with Crippen molar-refractivity contribution in [1.82, 2.24) is 0 Å². The predicted molar refractivity (Wildman–Crippen MR) is 15.5 cm³/mol. The van der Waals surface area contributed by atoms with Crippen LogP contribution in [-0.2, 0) is 39.4 Å². The third-order valence-electron chi connectivity index (χ3n) is 0. The second-order valence-corrected chi connectivity index (χ2v) is 0. The van der Waals surface area contributed by atoms with Gasteiger partial charge in [0.15, 0.2) is 0 Å². The van der Waals surface area contributed by atoms with Gasteiger partial charge in [-0.25, -0.2) is 0 Å². The minimum absolute atomic E-state index is 0. The Morgan fingerprint density at radius 3 is 1.00 bits per heavy atom. The molecule has 0 saturated heterocycles. The van der Waals surface area contributed by atoms with Gasteiger partial charge in [0.25, 0.3) is 0 Å². The second-order valence-electron chi connectivity index (χ2n) is 0. The summed E-state index contributed by atoms with van der Waals surface area (Å²) in [5.74, 6) is 0. The van der Waals surface area contributed by atoms with Crippen LogP contribution in [0.1, 0.15) is 0 Å². The zero-order chi connectivity index (χ0) is 0. The van der Waals surface area contributed by atoms with Crippen molar-refractivity contribution in [3.63, 3.8) is 0 Å². The van der Waals surface area contributed by atoms with Crippen molar-refractivity contribution in [2.45, 2.75) is 0 Å². The van der Waals surface area contributed by atoms with Crippen LogP contribution in [0.2, 0.25) is 0 Å². The quantitative estimate of drug-likeness (QED) is 0.403. The molecule has 0 nitrogen and oxygen atoms in total. The number of rotatable bonds is 0. The summed E-state index contributed by atoms with van der Waals surface area (Å²) >= 11 is 0. The molecule has 0 saturated carbocycles. The van der Waals surface area contributed by atoms with E-state index in [1.54, 1.807) is 0 Å². The summed E-state index contributed by atoms with van der Waals surface area (Å²) in [6.07, 6.45) is 0. The first-order valence-electron chi connectivity index (χ1n) is 0. The van der Waals surface area contributed by atoms with E-state index in [1.165, 1.54) is 0 Å². The Kier molecular flexibility index (Phi) is 143. The van der Waals surface area contributed by atoms with E-state index >= 15 is 0 Å². The van der Waals surface area contributed by atoms with E-state index < -0.39 is 0 Å². The van der Waals surface area contributed by atoms with Crippen LogP contribution >= 0.6 is 9.90 Å². The van der Waals surface area contributed by atoms with E-state index in [2.05, 4.69) is 0 Å². The minimum atomic E-state index is 0. The van der Waals surface area contributed by atoms with Crippen molar-refractivity contribution in [2.75, 3.05) is 0 Å². The van der Waals surface area contributed by atoms with Crippen molar-refractivity contribution >= 4 is 33.0 Å². The third kappa shape index (κ3) is 8.82. The van der Waals surface area contributed by atoms with Crippen LogP contribution in [-0.4, -0.2) is 23.1 Å². The maximum atomic E-state index is 0. The van der Waals surface area contributed by atoms with Crippen LogP contribution in [0.5, 0.6) is 0 Å². The largest absolute Gasteiger partial charge is 0.316 e. The van der Waals surface area contributed by atoms with Gasteiger partial charge in [-0.2, -0.15) is 0 Å². The predicted octanol–water partition coefficient (Wildman–Crippen LogP) is -0.0600. The molecule has 0 rings (SSSR count). The average molecular weight is 229 g/mol. The molecule has 4 heavy (non-hydrogen) atoms. The molecule has 0 aliphatic rings. The van der Waals surface area contributed by atoms with E-state index in [4.69, 9.17) is 0 Å². The van der Waals surface area contributed by atoms with Crippen molar-refractivity contribution in [3.8, 4) is 0 Å². The SMILES string of the molecule is [Ag].[Cu].[MgH2].[P]. The van der Waals surface area contributed by atoms with E-state index in [0.29, 0.717) is 0 Å². The smallest absolute Gasteiger partial charge is 0 e. The van der Waals surface area contributed by atoms with E-state index in [-0.39, 0.29) is 72.4 Å². The summed E-state index contributed by atoms with van der Waals surface area (Å²) < 4.78 is 0. The Labute approximate surface area is 71.6 Å². The molecule has 0 bridgehead atoms. The molecule has 0 aromatic rings. The fraction of sp³-hybridized carbons (Fsp3) is 0. The Morgan fingerprint density at radius 1 is 1.00 bits per heavy atom. The average Bonchev–Trinajstić information content (AvgIpc) is 0. The second kappa shape index (κ2) is 18.0. The topological polar surface area (TPSA) is 0 Å². The Hall–Kier alpha value is 2.46. The van der Waals surface area contributed by atoms with Crippen LogP contribution < -0.4 is 0 Å². The van der Waals surface area contributed by atoms with Crippen LogP contribution in [0.3, 0.4) is 0 Å².